The van der Waals surface area contributed by atoms with Crippen molar-refractivity contribution in [2.24, 2.45) is 0 Å². The Morgan fingerprint density at radius 2 is 1.49 bits per heavy atom. The van der Waals surface area contributed by atoms with Crippen LogP contribution in [0.1, 0.15) is 15.9 Å². The fourth-order valence-corrected chi connectivity index (χ4v) is 6.69. The number of hydrogen-bond acceptors (Lipinski definition) is 7. The van der Waals surface area contributed by atoms with Gasteiger partial charge in [-0.25, -0.2) is 8.42 Å². The number of sulfonamides is 1. The van der Waals surface area contributed by atoms with Gasteiger partial charge in [-0.15, -0.1) is 0 Å². The molecule has 1 unspecified atom stereocenters. The van der Waals surface area contributed by atoms with Crippen molar-refractivity contribution in [2.45, 2.75) is 17.5 Å². The number of carbonyl (C=O) groups is 2. The van der Waals surface area contributed by atoms with Crippen LogP contribution in [0.2, 0.25) is 0 Å². The number of nitrogens with zero attached hydrogens (tertiary/aromatic N) is 2. The van der Waals surface area contributed by atoms with Crippen LogP contribution in [0.25, 0.3) is 11.1 Å². The van der Waals surface area contributed by atoms with Crippen LogP contribution < -0.4 is 9.64 Å². The van der Waals surface area contributed by atoms with Crippen molar-refractivity contribution in [2.75, 3.05) is 38.9 Å². The minimum absolute atomic E-state index is 0.0408. The Morgan fingerprint density at radius 1 is 0.822 bits per heavy atom. The zero-order valence-corrected chi connectivity index (χ0v) is 25.7. The summed E-state index contributed by atoms with van der Waals surface area (Å²) < 4.78 is 44.9. The van der Waals surface area contributed by atoms with Crippen LogP contribution in [0.15, 0.2) is 108 Å². The summed E-state index contributed by atoms with van der Waals surface area (Å²) in [6, 6.07) is 28.3. The number of amides is 1. The number of ether oxygens (including phenoxy) is 3. The first-order valence-corrected chi connectivity index (χ1v) is 15.6. The third-order valence-corrected chi connectivity index (χ3v) is 9.22. The lowest BCUT2D eigenvalue weighted by molar-refractivity contribution is -0.144. The lowest BCUT2D eigenvalue weighted by Gasteiger charge is -2.29. The fraction of sp³-hybridized carbons (Fsp3) is 0.200. The van der Waals surface area contributed by atoms with Crippen molar-refractivity contribution in [3.63, 3.8) is 0 Å². The number of anilines is 1. The molecule has 1 aliphatic rings. The molecular formula is C35H32N2O7S. The van der Waals surface area contributed by atoms with E-state index < -0.39 is 22.0 Å². The smallest absolute Gasteiger partial charge is 0.326 e. The van der Waals surface area contributed by atoms with E-state index in [0.717, 1.165) is 15.4 Å². The fourth-order valence-electron chi connectivity index (χ4n) is 5.14. The molecule has 0 saturated carbocycles. The van der Waals surface area contributed by atoms with Crippen molar-refractivity contribution < 1.29 is 32.2 Å². The van der Waals surface area contributed by atoms with E-state index >= 15 is 0 Å². The van der Waals surface area contributed by atoms with Crippen LogP contribution in [-0.2, 0) is 30.8 Å². The van der Waals surface area contributed by atoms with Crippen molar-refractivity contribution in [3.8, 4) is 28.7 Å². The van der Waals surface area contributed by atoms with Gasteiger partial charge in [-0.2, -0.15) is 4.31 Å². The second-order valence-corrected chi connectivity index (χ2v) is 12.0. The van der Waals surface area contributed by atoms with E-state index in [9.17, 15) is 18.0 Å². The quantitative estimate of drug-likeness (QED) is 0.206. The molecule has 0 fully saturated rings. The van der Waals surface area contributed by atoms with Gasteiger partial charge in [-0.05, 0) is 53.1 Å². The lowest BCUT2D eigenvalue weighted by Crippen LogP contribution is -2.50. The molecule has 5 rings (SSSR count). The highest BCUT2D eigenvalue weighted by Crippen LogP contribution is 2.34. The van der Waals surface area contributed by atoms with Gasteiger partial charge in [0.2, 0.25) is 10.0 Å². The molecule has 9 nitrogen and oxygen atoms in total. The molecule has 45 heavy (non-hydrogen) atoms. The van der Waals surface area contributed by atoms with Gasteiger partial charge in [-0.3, -0.25) is 9.59 Å². The molecule has 1 atom stereocenters. The minimum Gasteiger partial charge on any atom is -0.481 e. The molecule has 0 radical (unpaired) electrons. The molecule has 4 aromatic rings. The highest BCUT2D eigenvalue weighted by Gasteiger charge is 2.42. The van der Waals surface area contributed by atoms with Crippen LogP contribution in [0.4, 0.5) is 5.69 Å². The van der Waals surface area contributed by atoms with Crippen LogP contribution in [0.3, 0.4) is 0 Å². The van der Waals surface area contributed by atoms with Gasteiger partial charge in [0, 0.05) is 24.9 Å². The third kappa shape index (κ3) is 6.91. The van der Waals surface area contributed by atoms with Gasteiger partial charge < -0.3 is 19.1 Å². The zero-order valence-electron chi connectivity index (χ0n) is 24.9. The van der Waals surface area contributed by atoms with E-state index in [0.29, 0.717) is 22.6 Å². The molecule has 0 saturated heterocycles. The molecule has 4 aromatic carbocycles. The first kappa shape index (κ1) is 31.5. The van der Waals surface area contributed by atoms with Crippen molar-refractivity contribution in [3.05, 3.63) is 114 Å². The van der Waals surface area contributed by atoms with Crippen molar-refractivity contribution >= 4 is 27.6 Å². The van der Waals surface area contributed by atoms with Crippen LogP contribution >= 0.6 is 0 Å². The predicted octanol–water partition coefficient (Wildman–Crippen LogP) is 4.78. The maximum absolute atomic E-state index is 14.3. The molecule has 230 valence electrons. The van der Waals surface area contributed by atoms with Gasteiger partial charge in [0.05, 0.1) is 18.6 Å². The number of para-hydroxylation sites is 1. The molecule has 1 aliphatic heterocycles. The Morgan fingerprint density at radius 3 is 2.22 bits per heavy atom. The normalized spacial score (nSPS) is 14.8. The van der Waals surface area contributed by atoms with E-state index in [-0.39, 0.29) is 37.1 Å². The molecule has 10 heteroatoms. The second kappa shape index (κ2) is 14.2. The number of rotatable bonds is 8. The molecule has 1 heterocycles. The second-order valence-electron chi connectivity index (χ2n) is 10.1. The average molecular weight is 625 g/mol. The third-order valence-electron chi connectivity index (χ3n) is 7.36. The number of methoxy groups -OCH3 is 2. The SMILES string of the molecule is COCC#CCOc1ccc(S(=O)(=O)N2Cc3ccccc3N(C(=O)c3ccccc3-c3ccccc3)CC2C(=O)OC)cc1. The average Bonchev–Trinajstić information content (AvgIpc) is 3.26. The molecule has 0 aromatic heterocycles. The Hall–Kier alpha value is -4.95. The Bertz CT molecular complexity index is 1830. The van der Waals surface area contributed by atoms with E-state index in [1.54, 1.807) is 43.5 Å². The van der Waals surface area contributed by atoms with Gasteiger partial charge >= 0.3 is 5.97 Å². The van der Waals surface area contributed by atoms with Gasteiger partial charge in [-0.1, -0.05) is 78.6 Å². The summed E-state index contributed by atoms with van der Waals surface area (Å²) in [4.78, 5) is 29.1. The monoisotopic (exact) mass is 624 g/mol. The topological polar surface area (TPSA) is 102 Å². The summed E-state index contributed by atoms with van der Waals surface area (Å²) in [6.07, 6.45) is 0. The van der Waals surface area contributed by atoms with E-state index in [1.807, 2.05) is 42.5 Å². The molecule has 0 spiro atoms. The number of fused-ring (bicyclic) bond motifs is 1. The number of hydrogen-bond donors (Lipinski definition) is 0. The lowest BCUT2D eigenvalue weighted by atomic mass is 9.98. The van der Waals surface area contributed by atoms with Crippen LogP contribution in [0.5, 0.6) is 5.75 Å². The summed E-state index contributed by atoms with van der Waals surface area (Å²) in [7, 11) is -1.51. The maximum Gasteiger partial charge on any atom is 0.326 e. The van der Waals surface area contributed by atoms with E-state index in [1.165, 1.54) is 36.3 Å². The van der Waals surface area contributed by atoms with Gasteiger partial charge in [0.1, 0.15) is 25.0 Å². The highest BCUT2D eigenvalue weighted by molar-refractivity contribution is 7.89. The molecule has 0 bridgehead atoms. The number of carbonyl (C=O) groups excluding carboxylic acids is 2. The first-order valence-electron chi connectivity index (χ1n) is 14.2. The Balaban J connectivity index is 1.51. The predicted molar refractivity (Wildman–Crippen MR) is 170 cm³/mol. The number of esters is 1. The maximum atomic E-state index is 14.3. The van der Waals surface area contributed by atoms with E-state index in [2.05, 4.69) is 11.8 Å². The van der Waals surface area contributed by atoms with E-state index in [4.69, 9.17) is 14.2 Å². The minimum atomic E-state index is -4.25. The van der Waals surface area contributed by atoms with Crippen LogP contribution in [-0.4, -0.2) is 64.6 Å². The number of benzene rings is 4. The molecule has 0 N–H and O–H groups in total. The highest BCUT2D eigenvalue weighted by atomic mass is 32.2. The molecular weight excluding hydrogens is 592 g/mol. The zero-order chi connectivity index (χ0) is 31.8. The summed E-state index contributed by atoms with van der Waals surface area (Å²) in [5.74, 6) is 4.86. The largest absolute Gasteiger partial charge is 0.481 e. The van der Waals surface area contributed by atoms with Crippen LogP contribution in [0, 0.1) is 11.8 Å². The van der Waals surface area contributed by atoms with Crippen molar-refractivity contribution in [1.29, 1.82) is 0 Å². The Kier molecular flexibility index (Phi) is 9.95. The summed E-state index contributed by atoms with van der Waals surface area (Å²) >= 11 is 0. The molecule has 0 aliphatic carbocycles. The van der Waals surface area contributed by atoms with Gasteiger partial charge in [0.15, 0.2) is 0 Å². The Labute approximate surface area is 263 Å². The first-order chi connectivity index (χ1) is 21.8. The standard InChI is InChI=1S/C35H32N2O7S/c1-42-22-10-11-23-44-28-18-20-29(21-19-28)45(40,41)37-24-27-14-6-9-17-32(27)36(25-33(37)35(39)43-2)34(38)31-16-8-7-15-30(31)26-12-4-3-5-13-26/h3-9,12-21,33H,22-25H2,1-2H3. The van der Waals surface area contributed by atoms with Gasteiger partial charge in [0.25, 0.3) is 5.91 Å². The summed E-state index contributed by atoms with van der Waals surface area (Å²) in [5, 5.41) is 0. The molecule has 1 amide bonds. The summed E-state index contributed by atoms with van der Waals surface area (Å²) in [6.45, 7) is -0.0224. The summed E-state index contributed by atoms with van der Waals surface area (Å²) in [5.41, 5.74) is 3.06. The van der Waals surface area contributed by atoms with Crippen molar-refractivity contribution in [1.82, 2.24) is 4.31 Å².